The molecular formula is C21H25N5O. The van der Waals surface area contributed by atoms with E-state index in [-0.39, 0.29) is 0 Å². The summed E-state index contributed by atoms with van der Waals surface area (Å²) in [5.74, 6) is 1.95. The lowest BCUT2D eigenvalue weighted by molar-refractivity contribution is 0.337. The van der Waals surface area contributed by atoms with Gasteiger partial charge in [0.2, 0.25) is 5.82 Å². The van der Waals surface area contributed by atoms with E-state index in [0.29, 0.717) is 11.7 Å². The van der Waals surface area contributed by atoms with E-state index in [1.807, 2.05) is 36.4 Å². The van der Waals surface area contributed by atoms with Crippen LogP contribution in [0.1, 0.15) is 24.8 Å². The van der Waals surface area contributed by atoms with Crippen LogP contribution in [0.2, 0.25) is 0 Å². The third kappa shape index (κ3) is 4.52. The number of likely N-dealkylation sites (tertiary alicyclic amines) is 1. The highest BCUT2D eigenvalue weighted by Gasteiger charge is 2.12. The maximum atomic E-state index is 5.40. The molecule has 3 aromatic rings. The maximum Gasteiger partial charge on any atom is 0.259 e. The van der Waals surface area contributed by atoms with Gasteiger partial charge in [0.25, 0.3) is 5.89 Å². The fourth-order valence-corrected chi connectivity index (χ4v) is 3.31. The third-order valence-electron chi connectivity index (χ3n) is 4.90. The molecule has 1 aliphatic rings. The van der Waals surface area contributed by atoms with Crippen LogP contribution in [0, 0.1) is 6.92 Å². The molecule has 1 saturated heterocycles. The fourth-order valence-electron chi connectivity index (χ4n) is 3.31. The van der Waals surface area contributed by atoms with Crippen molar-refractivity contribution in [2.45, 2.75) is 26.2 Å². The molecule has 6 heteroatoms. The molecule has 0 saturated carbocycles. The Balaban J connectivity index is 1.32. The Bertz CT molecular complexity index is 851. The summed E-state index contributed by atoms with van der Waals surface area (Å²) in [6.07, 6.45) is 5.59. The van der Waals surface area contributed by atoms with Gasteiger partial charge >= 0.3 is 0 Å². The second-order valence-corrected chi connectivity index (χ2v) is 7.05. The van der Waals surface area contributed by atoms with Crippen molar-refractivity contribution in [1.82, 2.24) is 20.0 Å². The molecule has 1 N–H and O–H groups in total. The van der Waals surface area contributed by atoms with E-state index >= 15 is 0 Å². The van der Waals surface area contributed by atoms with Crippen LogP contribution in [0.15, 0.2) is 47.1 Å². The summed E-state index contributed by atoms with van der Waals surface area (Å²) in [5, 5.41) is 7.46. The summed E-state index contributed by atoms with van der Waals surface area (Å²) in [6.45, 7) is 6.65. The van der Waals surface area contributed by atoms with Crippen LogP contribution in [0.3, 0.4) is 0 Å². The lowest BCUT2D eigenvalue weighted by Crippen LogP contribution is -2.22. The van der Waals surface area contributed by atoms with Gasteiger partial charge in [-0.3, -0.25) is 0 Å². The van der Waals surface area contributed by atoms with E-state index in [0.717, 1.165) is 36.5 Å². The number of aryl methyl sites for hydroxylation is 1. The second-order valence-electron chi connectivity index (χ2n) is 7.05. The quantitative estimate of drug-likeness (QED) is 0.640. The standard InChI is InChI=1S/C21H25N5O/c1-16-5-7-17(8-6-16)20-24-21(27-25-20)18-9-10-19(23-15-18)22-11-4-14-26-12-2-3-13-26/h5-10,15H,2-4,11-14H2,1H3,(H,22,23). The van der Waals surface area contributed by atoms with Crippen molar-refractivity contribution in [3.8, 4) is 22.8 Å². The first-order valence-corrected chi connectivity index (χ1v) is 9.61. The highest BCUT2D eigenvalue weighted by molar-refractivity contribution is 5.60. The molecule has 1 aliphatic heterocycles. The molecule has 27 heavy (non-hydrogen) atoms. The minimum Gasteiger partial charge on any atom is -0.370 e. The summed E-state index contributed by atoms with van der Waals surface area (Å²) in [7, 11) is 0. The van der Waals surface area contributed by atoms with Crippen LogP contribution in [-0.4, -0.2) is 46.2 Å². The lowest BCUT2D eigenvalue weighted by atomic mass is 10.1. The Hall–Kier alpha value is -2.73. The molecule has 0 spiro atoms. The van der Waals surface area contributed by atoms with Gasteiger partial charge in [0, 0.05) is 18.3 Å². The zero-order chi connectivity index (χ0) is 18.5. The number of nitrogens with one attached hydrogen (secondary N) is 1. The van der Waals surface area contributed by atoms with Crippen molar-refractivity contribution >= 4 is 5.82 Å². The zero-order valence-electron chi connectivity index (χ0n) is 15.7. The van der Waals surface area contributed by atoms with Crippen LogP contribution in [0.4, 0.5) is 5.82 Å². The highest BCUT2D eigenvalue weighted by atomic mass is 16.5. The van der Waals surface area contributed by atoms with Gasteiger partial charge in [-0.05, 0) is 58.0 Å². The van der Waals surface area contributed by atoms with Crippen molar-refractivity contribution < 1.29 is 4.52 Å². The molecule has 1 fully saturated rings. The molecule has 0 bridgehead atoms. The molecule has 0 radical (unpaired) electrons. The second kappa shape index (κ2) is 8.31. The average molecular weight is 363 g/mol. The van der Waals surface area contributed by atoms with Gasteiger partial charge in [-0.2, -0.15) is 4.98 Å². The van der Waals surface area contributed by atoms with Crippen molar-refractivity contribution in [3.05, 3.63) is 48.2 Å². The summed E-state index contributed by atoms with van der Waals surface area (Å²) in [6, 6.07) is 12.0. The van der Waals surface area contributed by atoms with Crippen molar-refractivity contribution in [2.24, 2.45) is 0 Å². The van der Waals surface area contributed by atoms with Gasteiger partial charge in [0.1, 0.15) is 5.82 Å². The summed E-state index contributed by atoms with van der Waals surface area (Å²) < 4.78 is 5.40. The number of nitrogens with zero attached hydrogens (tertiary/aromatic N) is 4. The topological polar surface area (TPSA) is 67.1 Å². The number of rotatable bonds is 7. The summed E-state index contributed by atoms with van der Waals surface area (Å²) >= 11 is 0. The Morgan fingerprint density at radius 1 is 1.04 bits per heavy atom. The Morgan fingerprint density at radius 2 is 1.81 bits per heavy atom. The van der Waals surface area contributed by atoms with Crippen LogP contribution < -0.4 is 5.32 Å². The molecule has 0 aliphatic carbocycles. The predicted octanol–water partition coefficient (Wildman–Crippen LogP) is 4.00. The van der Waals surface area contributed by atoms with Crippen LogP contribution >= 0.6 is 0 Å². The van der Waals surface area contributed by atoms with Gasteiger partial charge < -0.3 is 14.7 Å². The Kier molecular flexibility index (Phi) is 5.44. The molecular weight excluding hydrogens is 338 g/mol. The number of aromatic nitrogens is 3. The van der Waals surface area contributed by atoms with Gasteiger partial charge in [-0.15, -0.1) is 0 Å². The van der Waals surface area contributed by atoms with E-state index in [1.165, 1.54) is 31.5 Å². The van der Waals surface area contributed by atoms with Crippen molar-refractivity contribution in [2.75, 3.05) is 31.5 Å². The first-order chi connectivity index (χ1) is 13.3. The van der Waals surface area contributed by atoms with Gasteiger partial charge in [0.15, 0.2) is 0 Å². The number of benzene rings is 1. The molecule has 6 nitrogen and oxygen atoms in total. The molecule has 0 atom stereocenters. The highest BCUT2D eigenvalue weighted by Crippen LogP contribution is 2.22. The number of hydrogen-bond donors (Lipinski definition) is 1. The molecule has 2 aromatic heterocycles. The van der Waals surface area contributed by atoms with E-state index in [4.69, 9.17) is 4.52 Å². The maximum absolute atomic E-state index is 5.40. The largest absolute Gasteiger partial charge is 0.370 e. The Labute approximate surface area is 159 Å². The number of anilines is 1. The van der Waals surface area contributed by atoms with Gasteiger partial charge in [-0.25, -0.2) is 4.98 Å². The lowest BCUT2D eigenvalue weighted by Gasteiger charge is -2.14. The average Bonchev–Trinajstić information content (AvgIpc) is 3.39. The first-order valence-electron chi connectivity index (χ1n) is 9.61. The van der Waals surface area contributed by atoms with Crippen molar-refractivity contribution in [3.63, 3.8) is 0 Å². The number of pyridine rings is 1. The Morgan fingerprint density at radius 3 is 2.56 bits per heavy atom. The SMILES string of the molecule is Cc1ccc(-c2noc(-c3ccc(NCCCN4CCCC4)nc3)n2)cc1. The van der Waals surface area contributed by atoms with Gasteiger partial charge in [-0.1, -0.05) is 35.0 Å². The molecule has 0 unspecified atom stereocenters. The van der Waals surface area contributed by atoms with Crippen LogP contribution in [-0.2, 0) is 0 Å². The fraction of sp³-hybridized carbons (Fsp3) is 0.381. The summed E-state index contributed by atoms with van der Waals surface area (Å²) in [4.78, 5) is 11.5. The normalized spacial score (nSPS) is 14.6. The monoisotopic (exact) mass is 363 g/mol. The molecule has 4 rings (SSSR count). The van der Waals surface area contributed by atoms with E-state index in [2.05, 4.69) is 32.3 Å². The first kappa shape index (κ1) is 17.7. The summed E-state index contributed by atoms with van der Waals surface area (Å²) in [5.41, 5.74) is 2.97. The molecule has 0 amide bonds. The van der Waals surface area contributed by atoms with Gasteiger partial charge in [0.05, 0.1) is 5.56 Å². The van der Waals surface area contributed by atoms with Crippen LogP contribution in [0.5, 0.6) is 0 Å². The molecule has 140 valence electrons. The number of hydrogen-bond acceptors (Lipinski definition) is 6. The van der Waals surface area contributed by atoms with Crippen LogP contribution in [0.25, 0.3) is 22.8 Å². The molecule has 1 aromatic carbocycles. The van der Waals surface area contributed by atoms with E-state index < -0.39 is 0 Å². The van der Waals surface area contributed by atoms with Crippen molar-refractivity contribution in [1.29, 1.82) is 0 Å². The third-order valence-corrected chi connectivity index (χ3v) is 4.90. The smallest absolute Gasteiger partial charge is 0.259 e. The van der Waals surface area contributed by atoms with E-state index in [1.54, 1.807) is 6.20 Å². The van der Waals surface area contributed by atoms with E-state index in [9.17, 15) is 0 Å². The minimum absolute atomic E-state index is 0.485. The predicted molar refractivity (Wildman–Crippen MR) is 106 cm³/mol. The molecule has 3 heterocycles. The zero-order valence-corrected chi connectivity index (χ0v) is 15.7. The minimum atomic E-state index is 0.485.